The molecule has 7 heteroatoms. The molecule has 2 fully saturated rings. The van der Waals surface area contributed by atoms with Crippen molar-refractivity contribution in [2.24, 2.45) is 10.9 Å². The van der Waals surface area contributed by atoms with Crippen molar-refractivity contribution in [1.29, 1.82) is 5.26 Å². The number of anilines is 2. The van der Waals surface area contributed by atoms with Crippen LogP contribution in [0, 0.1) is 17.2 Å². The fourth-order valence-electron chi connectivity index (χ4n) is 4.11. The molecule has 4 rings (SSSR count). The highest BCUT2D eigenvalue weighted by Crippen LogP contribution is 2.34. The van der Waals surface area contributed by atoms with Gasteiger partial charge in [-0.25, -0.2) is 9.98 Å². The Bertz CT molecular complexity index is 993. The van der Waals surface area contributed by atoms with E-state index in [2.05, 4.69) is 37.4 Å². The van der Waals surface area contributed by atoms with Gasteiger partial charge in [0.05, 0.1) is 11.8 Å². The van der Waals surface area contributed by atoms with Crippen molar-refractivity contribution in [3.05, 3.63) is 60.3 Å². The van der Waals surface area contributed by atoms with E-state index in [1.165, 1.54) is 0 Å². The maximum Gasteiger partial charge on any atom is 0.150 e. The Labute approximate surface area is 177 Å². The van der Waals surface area contributed by atoms with Gasteiger partial charge in [0.1, 0.15) is 5.82 Å². The highest BCUT2D eigenvalue weighted by molar-refractivity contribution is 6.03. The monoisotopic (exact) mass is 401 g/mol. The summed E-state index contributed by atoms with van der Waals surface area (Å²) in [5.41, 5.74) is 9.61. The number of aromatic nitrogens is 2. The number of nitrogens with zero attached hydrogens (tertiary/aromatic N) is 6. The maximum atomic E-state index is 9.14. The third kappa shape index (κ3) is 3.99. The summed E-state index contributed by atoms with van der Waals surface area (Å²) in [7, 11) is 0. The average Bonchev–Trinajstić information content (AvgIpc) is 2.73. The first-order chi connectivity index (χ1) is 14.6. The van der Waals surface area contributed by atoms with Crippen LogP contribution in [0.25, 0.3) is 0 Å². The molecular weight excluding hydrogens is 374 g/mol. The fourth-order valence-corrected chi connectivity index (χ4v) is 4.11. The molecule has 154 valence electrons. The van der Waals surface area contributed by atoms with Crippen LogP contribution in [0.15, 0.2) is 54.1 Å². The Morgan fingerprint density at radius 3 is 2.60 bits per heavy atom. The van der Waals surface area contributed by atoms with Crippen molar-refractivity contribution in [3.8, 4) is 6.07 Å². The lowest BCUT2D eigenvalue weighted by atomic mass is 9.94. The lowest BCUT2D eigenvalue weighted by molar-refractivity contribution is 0.194. The Balaban J connectivity index is 1.41. The van der Waals surface area contributed by atoms with Gasteiger partial charge in [-0.05, 0) is 25.8 Å². The summed E-state index contributed by atoms with van der Waals surface area (Å²) < 4.78 is 0. The normalized spacial score (nSPS) is 18.1. The van der Waals surface area contributed by atoms with E-state index < -0.39 is 0 Å². The van der Waals surface area contributed by atoms with Gasteiger partial charge in [0.25, 0.3) is 0 Å². The molecule has 0 atom stereocenters. The van der Waals surface area contributed by atoms with Gasteiger partial charge < -0.3 is 15.5 Å². The SMILES string of the molecule is C=C(N=C(C)c1ccccc1N)N1CC(c2nccnc2N2CCC(C#N)CC2)C1. The van der Waals surface area contributed by atoms with Gasteiger partial charge in [-0.1, -0.05) is 24.8 Å². The first-order valence-corrected chi connectivity index (χ1v) is 10.4. The smallest absolute Gasteiger partial charge is 0.150 e. The van der Waals surface area contributed by atoms with Gasteiger partial charge in [-0.3, -0.25) is 4.98 Å². The van der Waals surface area contributed by atoms with E-state index >= 15 is 0 Å². The van der Waals surface area contributed by atoms with Gasteiger partial charge in [0, 0.05) is 67.4 Å². The molecule has 3 heterocycles. The Kier molecular flexibility index (Phi) is 5.66. The molecule has 0 amide bonds. The molecule has 0 aliphatic carbocycles. The van der Waals surface area contributed by atoms with Crippen LogP contribution < -0.4 is 10.6 Å². The molecule has 0 spiro atoms. The van der Waals surface area contributed by atoms with Crippen LogP contribution in [0.3, 0.4) is 0 Å². The van der Waals surface area contributed by atoms with Crippen molar-refractivity contribution >= 4 is 17.2 Å². The van der Waals surface area contributed by atoms with E-state index in [1.54, 1.807) is 12.4 Å². The number of aliphatic imine (C=N–C) groups is 1. The summed E-state index contributed by atoms with van der Waals surface area (Å²) in [6.07, 6.45) is 5.29. The van der Waals surface area contributed by atoms with Crippen molar-refractivity contribution < 1.29 is 0 Å². The number of rotatable bonds is 5. The Morgan fingerprint density at radius 1 is 1.20 bits per heavy atom. The van der Waals surface area contributed by atoms with Gasteiger partial charge in [-0.15, -0.1) is 0 Å². The van der Waals surface area contributed by atoms with E-state index in [9.17, 15) is 0 Å². The number of benzene rings is 1. The zero-order chi connectivity index (χ0) is 21.1. The van der Waals surface area contributed by atoms with E-state index in [0.29, 0.717) is 5.92 Å². The molecule has 0 bridgehead atoms. The first-order valence-electron chi connectivity index (χ1n) is 10.4. The number of nitrogens with two attached hydrogens (primary N) is 1. The summed E-state index contributed by atoms with van der Waals surface area (Å²) in [5.74, 6) is 2.16. The van der Waals surface area contributed by atoms with Crippen molar-refractivity contribution in [3.63, 3.8) is 0 Å². The van der Waals surface area contributed by atoms with Gasteiger partial charge in [-0.2, -0.15) is 5.26 Å². The molecule has 1 aromatic carbocycles. The summed E-state index contributed by atoms with van der Waals surface area (Å²) in [6, 6.07) is 10.1. The summed E-state index contributed by atoms with van der Waals surface area (Å²) in [4.78, 5) is 18.4. The molecule has 7 nitrogen and oxygen atoms in total. The predicted octanol–water partition coefficient (Wildman–Crippen LogP) is 3.18. The summed E-state index contributed by atoms with van der Waals surface area (Å²) in [6.45, 7) is 9.46. The second kappa shape index (κ2) is 8.54. The second-order valence-electron chi connectivity index (χ2n) is 7.96. The number of nitrogen functional groups attached to an aromatic ring is 1. The molecule has 30 heavy (non-hydrogen) atoms. The number of likely N-dealkylation sites (tertiary alicyclic amines) is 1. The zero-order valence-corrected chi connectivity index (χ0v) is 17.3. The van der Waals surface area contributed by atoms with Crippen LogP contribution in [0.4, 0.5) is 11.5 Å². The van der Waals surface area contributed by atoms with E-state index in [0.717, 1.165) is 73.3 Å². The number of hydrogen-bond acceptors (Lipinski definition) is 7. The van der Waals surface area contributed by atoms with E-state index in [4.69, 9.17) is 11.0 Å². The van der Waals surface area contributed by atoms with Crippen molar-refractivity contribution in [2.45, 2.75) is 25.7 Å². The fraction of sp³-hybridized carbons (Fsp3) is 0.391. The molecule has 1 aromatic heterocycles. The largest absolute Gasteiger partial charge is 0.398 e. The van der Waals surface area contributed by atoms with Gasteiger partial charge in [0.2, 0.25) is 0 Å². The third-order valence-corrected chi connectivity index (χ3v) is 5.96. The van der Waals surface area contributed by atoms with Crippen LogP contribution in [0.2, 0.25) is 0 Å². The minimum atomic E-state index is 0.156. The molecule has 2 saturated heterocycles. The third-order valence-electron chi connectivity index (χ3n) is 5.96. The highest BCUT2D eigenvalue weighted by Gasteiger charge is 2.34. The second-order valence-corrected chi connectivity index (χ2v) is 7.96. The molecule has 2 aliphatic rings. The molecule has 0 saturated carbocycles. The molecular formula is C23H27N7. The standard InChI is InChI=1S/C23H27N7/c1-16(20-5-3-4-6-21(20)25)28-17(2)30-14-19(15-30)22-23(27-10-9-26-22)29-11-7-18(13-24)8-12-29/h3-6,9-10,18-19H,2,7-8,11-12,14-15,25H2,1H3. The molecule has 0 radical (unpaired) electrons. The number of piperidine rings is 1. The molecule has 0 unspecified atom stereocenters. The van der Waals surface area contributed by atoms with Gasteiger partial charge in [0.15, 0.2) is 5.82 Å². The quantitative estimate of drug-likeness (QED) is 0.611. The van der Waals surface area contributed by atoms with E-state index in [-0.39, 0.29) is 5.92 Å². The molecule has 2 aromatic rings. The number of para-hydroxylation sites is 1. The van der Waals surface area contributed by atoms with Crippen LogP contribution in [-0.4, -0.2) is 46.8 Å². The Morgan fingerprint density at radius 2 is 1.90 bits per heavy atom. The number of hydrogen-bond donors (Lipinski definition) is 1. The minimum Gasteiger partial charge on any atom is -0.398 e. The van der Waals surface area contributed by atoms with Crippen molar-refractivity contribution in [2.75, 3.05) is 36.8 Å². The predicted molar refractivity (Wildman–Crippen MR) is 119 cm³/mol. The first kappa shape index (κ1) is 19.9. The maximum absolute atomic E-state index is 9.14. The summed E-state index contributed by atoms with van der Waals surface area (Å²) in [5, 5.41) is 9.14. The molecule has 2 aliphatic heterocycles. The lowest BCUT2D eigenvalue weighted by Gasteiger charge is -2.42. The average molecular weight is 402 g/mol. The van der Waals surface area contributed by atoms with Crippen LogP contribution >= 0.6 is 0 Å². The molecule has 2 N–H and O–H groups in total. The van der Waals surface area contributed by atoms with Gasteiger partial charge >= 0.3 is 0 Å². The van der Waals surface area contributed by atoms with Crippen molar-refractivity contribution in [1.82, 2.24) is 14.9 Å². The zero-order valence-electron chi connectivity index (χ0n) is 17.3. The Hall–Kier alpha value is -3.40. The topological polar surface area (TPSA) is 94.4 Å². The minimum absolute atomic E-state index is 0.156. The summed E-state index contributed by atoms with van der Waals surface area (Å²) >= 11 is 0. The van der Waals surface area contributed by atoms with Crippen LogP contribution in [0.5, 0.6) is 0 Å². The highest BCUT2D eigenvalue weighted by atomic mass is 15.3. The lowest BCUT2D eigenvalue weighted by Crippen LogP contribution is -2.45. The van der Waals surface area contributed by atoms with E-state index in [1.807, 2.05) is 31.2 Å². The number of nitriles is 1. The van der Waals surface area contributed by atoms with Crippen LogP contribution in [-0.2, 0) is 0 Å². The van der Waals surface area contributed by atoms with Crippen LogP contribution in [0.1, 0.15) is 36.9 Å².